The lowest BCUT2D eigenvalue weighted by molar-refractivity contribution is 0.0922. The topological polar surface area (TPSA) is 72.9 Å². The minimum absolute atomic E-state index is 0.129. The Hall–Kier alpha value is -2.30. The Kier molecular flexibility index (Phi) is 4.62. The quantitative estimate of drug-likeness (QED) is 0.830. The molecule has 2 rings (SSSR count). The Morgan fingerprint density at radius 1 is 1.29 bits per heavy atom. The lowest BCUT2D eigenvalue weighted by atomic mass is 10.0. The van der Waals surface area contributed by atoms with Crippen LogP contribution >= 0.6 is 0 Å². The van der Waals surface area contributed by atoms with E-state index >= 15 is 0 Å². The van der Waals surface area contributed by atoms with E-state index in [4.69, 9.17) is 5.73 Å². The zero-order valence-corrected chi connectivity index (χ0v) is 12.7. The first-order valence-electron chi connectivity index (χ1n) is 7.23. The number of anilines is 1. The Labute approximate surface area is 125 Å². The highest BCUT2D eigenvalue weighted by atomic mass is 16.2. The molecule has 3 N–H and O–H groups in total. The predicted molar refractivity (Wildman–Crippen MR) is 84.4 cm³/mol. The maximum Gasteiger partial charge on any atom is 0.272 e. The number of amides is 1. The van der Waals surface area contributed by atoms with Gasteiger partial charge >= 0.3 is 0 Å². The van der Waals surface area contributed by atoms with Gasteiger partial charge in [0, 0.05) is 17.9 Å². The fourth-order valence-electron chi connectivity index (χ4n) is 1.99. The summed E-state index contributed by atoms with van der Waals surface area (Å²) >= 11 is 0. The summed E-state index contributed by atoms with van der Waals surface area (Å²) in [7, 11) is 0. The molecule has 0 fully saturated rings. The second-order valence-corrected chi connectivity index (χ2v) is 5.38. The molecular formula is C16H22N4O. The molecule has 2 atom stereocenters. The van der Waals surface area contributed by atoms with Gasteiger partial charge in [0.2, 0.25) is 0 Å². The number of carbonyl (C=O) groups excluding carboxylic acids is 1. The van der Waals surface area contributed by atoms with E-state index in [2.05, 4.69) is 24.3 Å². The Bertz CT molecular complexity index is 603. The molecule has 1 amide bonds. The zero-order valence-electron chi connectivity index (χ0n) is 12.7. The molecule has 2 unspecified atom stereocenters. The molecule has 1 aromatic heterocycles. The first-order valence-corrected chi connectivity index (χ1v) is 7.23. The predicted octanol–water partition coefficient (Wildman–Crippen LogP) is 2.62. The molecule has 21 heavy (non-hydrogen) atoms. The van der Waals surface area contributed by atoms with Gasteiger partial charge in [0.15, 0.2) is 5.69 Å². The van der Waals surface area contributed by atoms with Gasteiger partial charge in [-0.3, -0.25) is 4.79 Å². The van der Waals surface area contributed by atoms with E-state index in [-0.39, 0.29) is 11.9 Å². The molecule has 0 radical (unpaired) electrons. The summed E-state index contributed by atoms with van der Waals surface area (Å²) in [6.45, 7) is 6.25. The number of rotatable bonds is 5. The monoisotopic (exact) mass is 286 g/mol. The van der Waals surface area contributed by atoms with Gasteiger partial charge in [0.05, 0.1) is 5.69 Å². The standard InChI is InChI=1S/C16H22N4O/c1-4-11(2)12(3)18-16(21)15-9-10-20(19-15)14-7-5-13(17)6-8-14/h5-12H,4,17H2,1-3H3,(H,18,21). The van der Waals surface area contributed by atoms with Crippen molar-refractivity contribution in [2.45, 2.75) is 33.2 Å². The van der Waals surface area contributed by atoms with Gasteiger partial charge in [-0.1, -0.05) is 20.3 Å². The normalized spacial score (nSPS) is 13.7. The van der Waals surface area contributed by atoms with Crippen LogP contribution in [0, 0.1) is 5.92 Å². The summed E-state index contributed by atoms with van der Waals surface area (Å²) in [5.74, 6) is 0.296. The summed E-state index contributed by atoms with van der Waals surface area (Å²) in [5, 5.41) is 7.30. The number of hydrogen-bond acceptors (Lipinski definition) is 3. The minimum Gasteiger partial charge on any atom is -0.399 e. The molecule has 0 aliphatic heterocycles. The van der Waals surface area contributed by atoms with Crippen LogP contribution < -0.4 is 11.1 Å². The number of nitrogens with zero attached hydrogens (tertiary/aromatic N) is 2. The molecule has 0 saturated heterocycles. The van der Waals surface area contributed by atoms with E-state index in [0.29, 0.717) is 17.3 Å². The molecule has 5 heteroatoms. The SMILES string of the molecule is CCC(C)C(C)NC(=O)c1ccn(-c2ccc(N)cc2)n1. The summed E-state index contributed by atoms with van der Waals surface area (Å²) in [6.07, 6.45) is 2.80. The van der Waals surface area contributed by atoms with Gasteiger partial charge in [0.25, 0.3) is 5.91 Å². The van der Waals surface area contributed by atoms with E-state index in [1.165, 1.54) is 0 Å². The molecule has 0 bridgehead atoms. The number of carbonyl (C=O) groups is 1. The Balaban J connectivity index is 2.09. The minimum atomic E-state index is -0.142. The first kappa shape index (κ1) is 15.1. The van der Waals surface area contributed by atoms with E-state index in [0.717, 1.165) is 12.1 Å². The summed E-state index contributed by atoms with van der Waals surface area (Å²) in [4.78, 5) is 12.2. The molecule has 0 aliphatic carbocycles. The van der Waals surface area contributed by atoms with Crippen molar-refractivity contribution in [1.82, 2.24) is 15.1 Å². The van der Waals surface area contributed by atoms with Crippen molar-refractivity contribution >= 4 is 11.6 Å². The number of benzene rings is 1. The zero-order chi connectivity index (χ0) is 15.4. The van der Waals surface area contributed by atoms with E-state index in [1.807, 2.05) is 31.2 Å². The van der Waals surface area contributed by atoms with Crippen molar-refractivity contribution in [3.05, 3.63) is 42.2 Å². The third kappa shape index (κ3) is 3.62. The molecular weight excluding hydrogens is 264 g/mol. The third-order valence-electron chi connectivity index (χ3n) is 3.84. The van der Waals surface area contributed by atoms with Crippen molar-refractivity contribution in [1.29, 1.82) is 0 Å². The van der Waals surface area contributed by atoms with Gasteiger partial charge in [-0.05, 0) is 43.2 Å². The van der Waals surface area contributed by atoms with Gasteiger partial charge in [-0.25, -0.2) is 4.68 Å². The molecule has 1 heterocycles. The lowest BCUT2D eigenvalue weighted by Crippen LogP contribution is -2.37. The second kappa shape index (κ2) is 6.43. The maximum absolute atomic E-state index is 12.2. The van der Waals surface area contributed by atoms with Crippen molar-refractivity contribution < 1.29 is 4.79 Å². The van der Waals surface area contributed by atoms with E-state index in [9.17, 15) is 4.79 Å². The number of aromatic nitrogens is 2. The summed E-state index contributed by atoms with van der Waals surface area (Å²) < 4.78 is 1.67. The molecule has 5 nitrogen and oxygen atoms in total. The van der Waals surface area contributed by atoms with Crippen LogP contribution in [0.15, 0.2) is 36.5 Å². The average Bonchev–Trinajstić information content (AvgIpc) is 2.97. The first-order chi connectivity index (χ1) is 10.0. The van der Waals surface area contributed by atoms with Crippen LogP contribution in [0.3, 0.4) is 0 Å². The van der Waals surface area contributed by atoms with Crippen LogP contribution in [-0.2, 0) is 0 Å². The Morgan fingerprint density at radius 2 is 1.95 bits per heavy atom. The van der Waals surface area contributed by atoms with Crippen LogP contribution in [0.1, 0.15) is 37.7 Å². The van der Waals surface area contributed by atoms with Crippen LogP contribution in [0.2, 0.25) is 0 Å². The molecule has 0 saturated carbocycles. The smallest absolute Gasteiger partial charge is 0.272 e. The molecule has 0 spiro atoms. The van der Waals surface area contributed by atoms with E-state index in [1.54, 1.807) is 16.9 Å². The average molecular weight is 286 g/mol. The summed E-state index contributed by atoms with van der Waals surface area (Å²) in [6, 6.07) is 9.19. The number of nitrogens with one attached hydrogen (secondary N) is 1. The number of hydrogen-bond donors (Lipinski definition) is 2. The lowest BCUT2D eigenvalue weighted by Gasteiger charge is -2.19. The maximum atomic E-state index is 12.2. The van der Waals surface area contributed by atoms with Crippen molar-refractivity contribution in [2.75, 3.05) is 5.73 Å². The fraction of sp³-hybridized carbons (Fsp3) is 0.375. The highest BCUT2D eigenvalue weighted by Crippen LogP contribution is 2.11. The number of nitrogens with two attached hydrogens (primary N) is 1. The number of nitrogen functional groups attached to an aromatic ring is 1. The third-order valence-corrected chi connectivity index (χ3v) is 3.84. The van der Waals surface area contributed by atoms with Crippen molar-refractivity contribution in [2.24, 2.45) is 5.92 Å². The van der Waals surface area contributed by atoms with E-state index < -0.39 is 0 Å². The summed E-state index contributed by atoms with van der Waals surface area (Å²) in [5.41, 5.74) is 7.65. The van der Waals surface area contributed by atoms with Crippen molar-refractivity contribution in [3.8, 4) is 5.69 Å². The largest absolute Gasteiger partial charge is 0.399 e. The fourth-order valence-corrected chi connectivity index (χ4v) is 1.99. The van der Waals surface area contributed by atoms with Gasteiger partial charge in [0.1, 0.15) is 0 Å². The molecule has 1 aromatic carbocycles. The van der Waals surface area contributed by atoms with Crippen LogP contribution in [0.5, 0.6) is 0 Å². The molecule has 0 aliphatic rings. The second-order valence-electron chi connectivity index (χ2n) is 5.38. The van der Waals surface area contributed by atoms with Crippen LogP contribution in [-0.4, -0.2) is 21.7 Å². The highest BCUT2D eigenvalue weighted by molar-refractivity contribution is 5.92. The van der Waals surface area contributed by atoms with Gasteiger partial charge in [-0.15, -0.1) is 0 Å². The molecule has 2 aromatic rings. The van der Waals surface area contributed by atoms with Crippen LogP contribution in [0.4, 0.5) is 5.69 Å². The van der Waals surface area contributed by atoms with Crippen LogP contribution in [0.25, 0.3) is 5.69 Å². The Morgan fingerprint density at radius 3 is 2.57 bits per heavy atom. The van der Waals surface area contributed by atoms with Gasteiger partial charge in [-0.2, -0.15) is 5.10 Å². The molecule has 112 valence electrons. The highest BCUT2D eigenvalue weighted by Gasteiger charge is 2.16. The van der Waals surface area contributed by atoms with Gasteiger partial charge < -0.3 is 11.1 Å². The van der Waals surface area contributed by atoms with Crippen molar-refractivity contribution in [3.63, 3.8) is 0 Å².